The molecule has 0 nitrogen and oxygen atoms in total. The van der Waals surface area contributed by atoms with Crippen molar-refractivity contribution in [3.63, 3.8) is 0 Å². The van der Waals surface area contributed by atoms with E-state index >= 15 is 0 Å². The zero-order chi connectivity index (χ0) is 11.2. The highest BCUT2D eigenvalue weighted by molar-refractivity contribution is 5.46. The highest BCUT2D eigenvalue weighted by atomic mass is 14.1. The average molecular weight is 205 g/mol. The van der Waals surface area contributed by atoms with Gasteiger partial charge in [-0.25, -0.2) is 0 Å². The van der Waals surface area contributed by atoms with Crippen LogP contribution in [0.1, 0.15) is 17.5 Å². The third-order valence-electron chi connectivity index (χ3n) is 2.52. The molecule has 0 saturated carbocycles. The first kappa shape index (κ1) is 10.5. The Kier molecular flexibility index (Phi) is 3.41. The Bertz CT molecular complexity index is 423. The summed E-state index contributed by atoms with van der Waals surface area (Å²) < 4.78 is 0. The summed E-state index contributed by atoms with van der Waals surface area (Å²) in [5.74, 6) is 3.94. The number of benzene rings is 2. The van der Waals surface area contributed by atoms with E-state index in [-0.39, 0.29) is 0 Å². The van der Waals surface area contributed by atoms with Gasteiger partial charge in [-0.15, -0.1) is 12.3 Å². The largest absolute Gasteiger partial charge is 0.120 e. The van der Waals surface area contributed by atoms with E-state index < -0.39 is 0 Å². The lowest BCUT2D eigenvalue weighted by Crippen LogP contribution is -2.00. The highest BCUT2D eigenvalue weighted by Gasteiger charge is 2.12. The Hall–Kier alpha value is -2.00. The fraction of sp³-hybridized carbons (Fsp3) is 0.0625. The Morgan fingerprint density at radius 2 is 1.25 bits per heavy atom. The van der Waals surface area contributed by atoms with E-state index in [2.05, 4.69) is 30.2 Å². The molecule has 0 atom stereocenters. The number of terminal acetylenes is 1. The van der Waals surface area contributed by atoms with E-state index in [0.717, 1.165) is 0 Å². The second-order valence-corrected chi connectivity index (χ2v) is 3.59. The molecule has 0 saturated heterocycles. The lowest BCUT2D eigenvalue weighted by molar-refractivity contribution is 1.10. The van der Waals surface area contributed by atoms with Gasteiger partial charge in [0.2, 0.25) is 0 Å². The molecule has 0 spiro atoms. The van der Waals surface area contributed by atoms with Gasteiger partial charge in [0.1, 0.15) is 0 Å². The SMILES string of the molecule is C#CC[C](c1ccccc1)c1ccccc1. The third-order valence-corrected chi connectivity index (χ3v) is 2.52. The van der Waals surface area contributed by atoms with Gasteiger partial charge in [0.05, 0.1) is 0 Å². The quantitative estimate of drug-likeness (QED) is 0.670. The van der Waals surface area contributed by atoms with Gasteiger partial charge in [-0.1, -0.05) is 60.7 Å². The van der Waals surface area contributed by atoms with Crippen LogP contribution in [0.3, 0.4) is 0 Å². The fourth-order valence-corrected chi connectivity index (χ4v) is 1.75. The summed E-state index contributed by atoms with van der Waals surface area (Å²) in [6.45, 7) is 0. The molecule has 0 aromatic heterocycles. The summed E-state index contributed by atoms with van der Waals surface area (Å²) >= 11 is 0. The Balaban J connectivity index is 2.36. The molecular formula is C16H13. The van der Waals surface area contributed by atoms with Crippen molar-refractivity contribution in [3.05, 3.63) is 77.7 Å². The summed E-state index contributed by atoms with van der Waals surface area (Å²) in [4.78, 5) is 0. The molecule has 0 unspecified atom stereocenters. The van der Waals surface area contributed by atoms with Gasteiger partial charge < -0.3 is 0 Å². The second kappa shape index (κ2) is 5.19. The molecule has 2 aromatic rings. The van der Waals surface area contributed by atoms with E-state index in [9.17, 15) is 0 Å². The van der Waals surface area contributed by atoms with Crippen molar-refractivity contribution >= 4 is 0 Å². The van der Waals surface area contributed by atoms with Crippen LogP contribution >= 0.6 is 0 Å². The molecule has 2 aromatic carbocycles. The molecule has 0 bridgehead atoms. The molecule has 0 aliphatic heterocycles. The highest BCUT2D eigenvalue weighted by Crippen LogP contribution is 2.25. The molecule has 0 N–H and O–H groups in total. The van der Waals surface area contributed by atoms with Crippen LogP contribution in [0.15, 0.2) is 60.7 Å². The maximum Gasteiger partial charge on any atom is 0.0458 e. The topological polar surface area (TPSA) is 0 Å². The second-order valence-electron chi connectivity index (χ2n) is 3.59. The molecule has 2 rings (SSSR count). The van der Waals surface area contributed by atoms with Crippen LogP contribution in [0, 0.1) is 18.3 Å². The van der Waals surface area contributed by atoms with Gasteiger partial charge in [-0.05, 0) is 11.1 Å². The van der Waals surface area contributed by atoms with Crippen molar-refractivity contribution in [1.29, 1.82) is 0 Å². The molecule has 16 heavy (non-hydrogen) atoms. The lowest BCUT2D eigenvalue weighted by atomic mass is 9.89. The van der Waals surface area contributed by atoms with Crippen molar-refractivity contribution in [2.45, 2.75) is 6.42 Å². The van der Waals surface area contributed by atoms with E-state index in [1.54, 1.807) is 0 Å². The van der Waals surface area contributed by atoms with E-state index in [0.29, 0.717) is 6.42 Å². The van der Waals surface area contributed by atoms with Gasteiger partial charge >= 0.3 is 0 Å². The van der Waals surface area contributed by atoms with Gasteiger partial charge in [-0.2, -0.15) is 0 Å². The molecule has 0 fully saturated rings. The van der Waals surface area contributed by atoms with Crippen molar-refractivity contribution in [2.24, 2.45) is 0 Å². The van der Waals surface area contributed by atoms with Crippen LogP contribution < -0.4 is 0 Å². The summed E-state index contributed by atoms with van der Waals surface area (Å²) in [7, 11) is 0. The van der Waals surface area contributed by atoms with Gasteiger partial charge in [-0.3, -0.25) is 0 Å². The number of hydrogen-bond acceptors (Lipinski definition) is 0. The number of hydrogen-bond donors (Lipinski definition) is 0. The predicted octanol–water partition coefficient (Wildman–Crippen LogP) is 3.68. The molecule has 77 valence electrons. The normalized spacial score (nSPS) is 10.0. The fourth-order valence-electron chi connectivity index (χ4n) is 1.75. The van der Waals surface area contributed by atoms with Crippen LogP contribution in [0.4, 0.5) is 0 Å². The Morgan fingerprint density at radius 1 is 0.812 bits per heavy atom. The Labute approximate surface area is 96.9 Å². The van der Waals surface area contributed by atoms with Gasteiger partial charge in [0.15, 0.2) is 0 Å². The standard InChI is InChI=1S/C16H13/c1-2-9-16(14-10-5-3-6-11-14)15-12-7-4-8-13-15/h1,3-8,10-13H,9H2. The van der Waals surface area contributed by atoms with Crippen LogP contribution in [-0.2, 0) is 0 Å². The molecule has 0 amide bonds. The van der Waals surface area contributed by atoms with Crippen molar-refractivity contribution < 1.29 is 0 Å². The molecular weight excluding hydrogens is 192 g/mol. The minimum atomic E-state index is 0.661. The summed E-state index contributed by atoms with van der Waals surface area (Å²) in [6, 6.07) is 20.6. The van der Waals surface area contributed by atoms with Gasteiger partial charge in [0, 0.05) is 12.3 Å². The zero-order valence-electron chi connectivity index (χ0n) is 9.06. The smallest absolute Gasteiger partial charge is 0.0458 e. The van der Waals surface area contributed by atoms with E-state index in [4.69, 9.17) is 6.42 Å². The maximum atomic E-state index is 5.43. The minimum absolute atomic E-state index is 0.661. The lowest BCUT2D eigenvalue weighted by Gasteiger charge is -2.14. The first-order valence-corrected chi connectivity index (χ1v) is 5.32. The van der Waals surface area contributed by atoms with Crippen molar-refractivity contribution in [2.75, 3.05) is 0 Å². The van der Waals surface area contributed by atoms with Crippen LogP contribution in [-0.4, -0.2) is 0 Å². The summed E-state index contributed by atoms with van der Waals surface area (Å²) in [5, 5.41) is 0. The zero-order valence-corrected chi connectivity index (χ0v) is 9.06. The monoisotopic (exact) mass is 205 g/mol. The summed E-state index contributed by atoms with van der Waals surface area (Å²) in [6.07, 6.45) is 6.09. The van der Waals surface area contributed by atoms with Gasteiger partial charge in [0.25, 0.3) is 0 Å². The third kappa shape index (κ3) is 2.32. The summed E-state index contributed by atoms with van der Waals surface area (Å²) in [5.41, 5.74) is 2.40. The van der Waals surface area contributed by atoms with Crippen LogP contribution in [0.2, 0.25) is 0 Å². The predicted molar refractivity (Wildman–Crippen MR) is 67.8 cm³/mol. The van der Waals surface area contributed by atoms with Crippen molar-refractivity contribution in [3.8, 4) is 12.3 Å². The minimum Gasteiger partial charge on any atom is -0.120 e. The molecule has 1 radical (unpaired) electrons. The van der Waals surface area contributed by atoms with Crippen molar-refractivity contribution in [1.82, 2.24) is 0 Å². The van der Waals surface area contributed by atoms with Crippen LogP contribution in [0.5, 0.6) is 0 Å². The average Bonchev–Trinajstić information content (AvgIpc) is 2.38. The number of rotatable bonds is 3. The van der Waals surface area contributed by atoms with Crippen LogP contribution in [0.25, 0.3) is 0 Å². The van der Waals surface area contributed by atoms with E-state index in [1.165, 1.54) is 17.0 Å². The van der Waals surface area contributed by atoms with E-state index in [1.807, 2.05) is 36.4 Å². The molecule has 0 aliphatic carbocycles. The maximum absolute atomic E-state index is 5.43. The molecule has 0 heteroatoms. The Morgan fingerprint density at radius 3 is 1.62 bits per heavy atom. The molecule has 0 heterocycles. The first-order valence-electron chi connectivity index (χ1n) is 5.32. The first-order chi connectivity index (χ1) is 7.92. The molecule has 0 aliphatic rings.